The summed E-state index contributed by atoms with van der Waals surface area (Å²) in [5, 5.41) is 0. The van der Waals surface area contributed by atoms with Crippen LogP contribution in [0.5, 0.6) is 0 Å². The first-order chi connectivity index (χ1) is 8.38. The van der Waals surface area contributed by atoms with Crippen LogP contribution in [-0.2, 0) is 0 Å². The predicted molar refractivity (Wildman–Crippen MR) is 77.3 cm³/mol. The number of benzene rings is 1. The van der Waals surface area contributed by atoms with E-state index in [0.717, 1.165) is 0 Å². The molecule has 0 amide bonds. The molecule has 1 unspecified atom stereocenters. The molecule has 1 atom stereocenters. The standard InChI is InChI=1S/C17H24/c1-3-5-7-9-13-16(12-6-4-2)17-14-10-8-11-15-17/h4,6,8,10-12,14-16H,2-3,5,7,9,13H2,1H3/b12-6-. The number of hydrogen-bond acceptors (Lipinski definition) is 0. The second kappa shape index (κ2) is 8.81. The molecule has 17 heavy (non-hydrogen) atoms. The molecule has 0 heteroatoms. The lowest BCUT2D eigenvalue weighted by molar-refractivity contribution is 0.604. The van der Waals surface area contributed by atoms with Crippen molar-refractivity contribution in [2.45, 2.75) is 44.9 Å². The van der Waals surface area contributed by atoms with Gasteiger partial charge < -0.3 is 0 Å². The van der Waals surface area contributed by atoms with Gasteiger partial charge in [-0.2, -0.15) is 0 Å². The molecule has 0 heterocycles. The number of rotatable bonds is 8. The van der Waals surface area contributed by atoms with Gasteiger partial charge in [-0.1, -0.05) is 87.7 Å². The molecular formula is C17H24. The van der Waals surface area contributed by atoms with Crippen molar-refractivity contribution in [1.82, 2.24) is 0 Å². The maximum atomic E-state index is 3.75. The molecule has 1 aromatic carbocycles. The molecule has 1 aromatic rings. The van der Waals surface area contributed by atoms with E-state index < -0.39 is 0 Å². The molecule has 0 saturated carbocycles. The average Bonchev–Trinajstić information content (AvgIpc) is 2.39. The van der Waals surface area contributed by atoms with Crippen LogP contribution in [0.15, 0.2) is 55.1 Å². The molecule has 0 aliphatic carbocycles. The van der Waals surface area contributed by atoms with Gasteiger partial charge >= 0.3 is 0 Å². The Morgan fingerprint density at radius 2 is 1.88 bits per heavy atom. The molecule has 0 fully saturated rings. The third kappa shape index (κ3) is 5.53. The quantitative estimate of drug-likeness (QED) is 0.408. The molecule has 0 nitrogen and oxygen atoms in total. The van der Waals surface area contributed by atoms with Gasteiger partial charge in [0.1, 0.15) is 0 Å². The SMILES string of the molecule is C=C/C=C\C(CCCCCC)c1ccccc1. The van der Waals surface area contributed by atoms with E-state index in [1.54, 1.807) is 0 Å². The molecule has 0 radical (unpaired) electrons. The van der Waals surface area contributed by atoms with Crippen molar-refractivity contribution < 1.29 is 0 Å². The number of hydrogen-bond donors (Lipinski definition) is 0. The van der Waals surface area contributed by atoms with Gasteiger partial charge in [-0.15, -0.1) is 0 Å². The molecule has 0 aliphatic rings. The summed E-state index contributed by atoms with van der Waals surface area (Å²) in [4.78, 5) is 0. The number of unbranched alkanes of at least 4 members (excludes halogenated alkanes) is 3. The molecule has 0 bridgehead atoms. The zero-order valence-corrected chi connectivity index (χ0v) is 10.9. The van der Waals surface area contributed by atoms with Crippen LogP contribution >= 0.6 is 0 Å². The van der Waals surface area contributed by atoms with Crippen LogP contribution in [0.4, 0.5) is 0 Å². The lowest BCUT2D eigenvalue weighted by Crippen LogP contribution is -1.95. The van der Waals surface area contributed by atoms with E-state index in [-0.39, 0.29) is 0 Å². The summed E-state index contributed by atoms with van der Waals surface area (Å²) in [5.41, 5.74) is 1.42. The normalized spacial score (nSPS) is 12.8. The van der Waals surface area contributed by atoms with Crippen LogP contribution < -0.4 is 0 Å². The molecular weight excluding hydrogens is 204 g/mol. The van der Waals surface area contributed by atoms with E-state index in [1.807, 2.05) is 6.08 Å². The van der Waals surface area contributed by atoms with Gasteiger partial charge in [0, 0.05) is 5.92 Å². The lowest BCUT2D eigenvalue weighted by Gasteiger charge is -2.12. The maximum Gasteiger partial charge on any atom is 0.00210 e. The van der Waals surface area contributed by atoms with Gasteiger partial charge in [0.25, 0.3) is 0 Å². The zero-order valence-electron chi connectivity index (χ0n) is 10.9. The Hall–Kier alpha value is -1.30. The molecule has 0 saturated heterocycles. The summed E-state index contributed by atoms with van der Waals surface area (Å²) in [6.45, 7) is 6.01. The van der Waals surface area contributed by atoms with Crippen molar-refractivity contribution in [2.75, 3.05) is 0 Å². The van der Waals surface area contributed by atoms with Gasteiger partial charge in [-0.3, -0.25) is 0 Å². The van der Waals surface area contributed by atoms with Gasteiger partial charge in [-0.25, -0.2) is 0 Å². The summed E-state index contributed by atoms with van der Waals surface area (Å²) < 4.78 is 0. The van der Waals surface area contributed by atoms with Gasteiger partial charge in [0.05, 0.1) is 0 Å². The Morgan fingerprint density at radius 1 is 1.12 bits per heavy atom. The first-order valence-corrected chi connectivity index (χ1v) is 6.72. The Bertz CT molecular complexity index is 321. The van der Waals surface area contributed by atoms with Crippen LogP contribution in [0.1, 0.15) is 50.5 Å². The highest BCUT2D eigenvalue weighted by Gasteiger charge is 2.06. The highest BCUT2D eigenvalue weighted by molar-refractivity contribution is 5.24. The minimum atomic E-state index is 0.547. The fourth-order valence-electron chi connectivity index (χ4n) is 2.08. The Balaban J connectivity index is 2.55. The minimum Gasteiger partial charge on any atom is -0.0991 e. The van der Waals surface area contributed by atoms with Gasteiger partial charge in [-0.05, 0) is 12.0 Å². The van der Waals surface area contributed by atoms with Crippen molar-refractivity contribution in [1.29, 1.82) is 0 Å². The zero-order chi connectivity index (χ0) is 12.3. The van der Waals surface area contributed by atoms with Crippen molar-refractivity contribution in [3.8, 4) is 0 Å². The largest absolute Gasteiger partial charge is 0.0991 e. The third-order valence-corrected chi connectivity index (χ3v) is 3.08. The van der Waals surface area contributed by atoms with E-state index >= 15 is 0 Å². The molecule has 0 aliphatic heterocycles. The summed E-state index contributed by atoms with van der Waals surface area (Å²) in [6, 6.07) is 10.8. The van der Waals surface area contributed by atoms with Gasteiger partial charge in [0.2, 0.25) is 0 Å². The van der Waals surface area contributed by atoms with Crippen LogP contribution in [0.3, 0.4) is 0 Å². The smallest absolute Gasteiger partial charge is 0.00210 e. The summed E-state index contributed by atoms with van der Waals surface area (Å²) in [7, 11) is 0. The topological polar surface area (TPSA) is 0 Å². The van der Waals surface area contributed by atoms with Crippen LogP contribution in [0, 0.1) is 0 Å². The van der Waals surface area contributed by atoms with Crippen molar-refractivity contribution in [2.24, 2.45) is 0 Å². The summed E-state index contributed by atoms with van der Waals surface area (Å²) >= 11 is 0. The molecule has 0 spiro atoms. The lowest BCUT2D eigenvalue weighted by atomic mass is 9.92. The first-order valence-electron chi connectivity index (χ1n) is 6.72. The fourth-order valence-corrected chi connectivity index (χ4v) is 2.08. The fraction of sp³-hybridized carbons (Fsp3) is 0.412. The van der Waals surface area contributed by atoms with Gasteiger partial charge in [0.15, 0.2) is 0 Å². The molecule has 92 valence electrons. The Kier molecular flexibility index (Phi) is 7.13. The van der Waals surface area contributed by atoms with Crippen molar-refractivity contribution >= 4 is 0 Å². The van der Waals surface area contributed by atoms with E-state index in [2.05, 4.69) is 56.0 Å². The Morgan fingerprint density at radius 3 is 2.53 bits per heavy atom. The van der Waals surface area contributed by atoms with Crippen molar-refractivity contribution in [3.05, 3.63) is 60.7 Å². The Labute approximate surface area is 106 Å². The molecule has 0 aromatic heterocycles. The third-order valence-electron chi connectivity index (χ3n) is 3.08. The van der Waals surface area contributed by atoms with E-state index in [9.17, 15) is 0 Å². The summed E-state index contributed by atoms with van der Waals surface area (Å²) in [6.07, 6.45) is 12.8. The van der Waals surface area contributed by atoms with E-state index in [4.69, 9.17) is 0 Å². The molecule has 1 rings (SSSR count). The first kappa shape index (κ1) is 13.8. The van der Waals surface area contributed by atoms with Crippen LogP contribution in [-0.4, -0.2) is 0 Å². The maximum absolute atomic E-state index is 3.75. The molecule has 0 N–H and O–H groups in total. The van der Waals surface area contributed by atoms with Crippen molar-refractivity contribution in [3.63, 3.8) is 0 Å². The minimum absolute atomic E-state index is 0.547. The van der Waals surface area contributed by atoms with Crippen LogP contribution in [0.25, 0.3) is 0 Å². The highest BCUT2D eigenvalue weighted by Crippen LogP contribution is 2.24. The second-order valence-electron chi connectivity index (χ2n) is 4.49. The second-order valence-corrected chi connectivity index (χ2v) is 4.49. The van der Waals surface area contributed by atoms with Crippen LogP contribution in [0.2, 0.25) is 0 Å². The van der Waals surface area contributed by atoms with E-state index in [0.29, 0.717) is 5.92 Å². The number of allylic oxidation sites excluding steroid dienone is 3. The summed E-state index contributed by atoms with van der Waals surface area (Å²) in [5.74, 6) is 0.547. The van der Waals surface area contributed by atoms with E-state index in [1.165, 1.54) is 37.7 Å². The average molecular weight is 228 g/mol. The predicted octanol–water partition coefficient (Wildman–Crippen LogP) is 5.48. The highest BCUT2D eigenvalue weighted by atomic mass is 14.1. The monoisotopic (exact) mass is 228 g/mol.